The van der Waals surface area contributed by atoms with E-state index in [2.05, 4.69) is 21.2 Å². The highest BCUT2D eigenvalue weighted by molar-refractivity contribution is 9.10. The van der Waals surface area contributed by atoms with Gasteiger partial charge >= 0.3 is 0 Å². The first-order chi connectivity index (χ1) is 9.56. The summed E-state index contributed by atoms with van der Waals surface area (Å²) in [7, 11) is 0. The van der Waals surface area contributed by atoms with Gasteiger partial charge in [0, 0.05) is 33.0 Å². The van der Waals surface area contributed by atoms with Crippen molar-refractivity contribution in [3.8, 4) is 0 Å². The normalized spacial score (nSPS) is 10.8. The van der Waals surface area contributed by atoms with Gasteiger partial charge in [-0.2, -0.15) is 0 Å². The maximum absolute atomic E-state index is 11.9. The largest absolute Gasteiger partial charge is 0.362 e. The Morgan fingerprint density at radius 2 is 1.90 bits per heavy atom. The predicted octanol–water partition coefficient (Wildman–Crippen LogP) is 5.22. The Kier molecular flexibility index (Phi) is 4.99. The molecular weight excluding hydrogens is 338 g/mol. The Labute approximate surface area is 131 Å². The molecule has 2 aromatic rings. The van der Waals surface area contributed by atoms with Gasteiger partial charge in [0.25, 0.3) is 0 Å². The molecular formula is C16H13BrClNO. The van der Waals surface area contributed by atoms with E-state index in [1.54, 1.807) is 30.5 Å². The molecule has 2 rings (SSSR count). The number of rotatable bonds is 4. The quantitative estimate of drug-likeness (QED) is 0.605. The summed E-state index contributed by atoms with van der Waals surface area (Å²) in [5, 5.41) is 3.69. The first-order valence-corrected chi connectivity index (χ1v) is 7.22. The number of carbonyl (C=O) groups excluding carboxylic acids is 1. The van der Waals surface area contributed by atoms with Crippen molar-refractivity contribution in [1.29, 1.82) is 0 Å². The van der Waals surface area contributed by atoms with E-state index in [0.717, 1.165) is 15.7 Å². The van der Waals surface area contributed by atoms with Crippen LogP contribution in [0.1, 0.15) is 15.9 Å². The van der Waals surface area contributed by atoms with E-state index < -0.39 is 0 Å². The number of carbonyl (C=O) groups is 1. The Morgan fingerprint density at radius 3 is 2.55 bits per heavy atom. The molecule has 2 nitrogen and oxygen atoms in total. The van der Waals surface area contributed by atoms with Crippen molar-refractivity contribution in [3.05, 3.63) is 75.4 Å². The Balaban J connectivity index is 2.00. The van der Waals surface area contributed by atoms with Crippen LogP contribution in [0.3, 0.4) is 0 Å². The van der Waals surface area contributed by atoms with Crippen molar-refractivity contribution in [2.24, 2.45) is 0 Å². The first-order valence-electron chi connectivity index (χ1n) is 6.05. The Bertz CT molecular complexity index is 650. The third kappa shape index (κ3) is 3.95. The standard InChI is InChI=1S/C16H13BrClNO/c1-11-2-7-14(10-15(11)17)19-9-8-16(20)12-3-5-13(18)6-4-12/h2-10,19H,1H3. The maximum Gasteiger partial charge on any atom is 0.187 e. The van der Waals surface area contributed by atoms with Crippen LogP contribution in [0.5, 0.6) is 0 Å². The van der Waals surface area contributed by atoms with Gasteiger partial charge in [0.15, 0.2) is 5.78 Å². The van der Waals surface area contributed by atoms with Crippen LogP contribution in [0, 0.1) is 6.92 Å². The van der Waals surface area contributed by atoms with Gasteiger partial charge in [-0.15, -0.1) is 0 Å². The summed E-state index contributed by atoms with van der Waals surface area (Å²) in [4.78, 5) is 11.9. The van der Waals surface area contributed by atoms with Crippen molar-refractivity contribution in [2.45, 2.75) is 6.92 Å². The molecule has 0 heterocycles. The van der Waals surface area contributed by atoms with Crippen LogP contribution in [0.25, 0.3) is 0 Å². The number of anilines is 1. The van der Waals surface area contributed by atoms with E-state index >= 15 is 0 Å². The zero-order chi connectivity index (χ0) is 14.5. The number of hydrogen-bond acceptors (Lipinski definition) is 2. The van der Waals surface area contributed by atoms with E-state index in [1.165, 1.54) is 6.08 Å². The molecule has 0 atom stereocenters. The smallest absolute Gasteiger partial charge is 0.187 e. The van der Waals surface area contributed by atoms with Crippen molar-refractivity contribution in [1.82, 2.24) is 0 Å². The van der Waals surface area contributed by atoms with Crippen LogP contribution in [0.15, 0.2) is 59.2 Å². The second-order valence-corrected chi connectivity index (χ2v) is 5.60. The SMILES string of the molecule is Cc1ccc(NC=CC(=O)c2ccc(Cl)cc2)cc1Br. The number of hydrogen-bond donors (Lipinski definition) is 1. The molecule has 0 unspecified atom stereocenters. The monoisotopic (exact) mass is 349 g/mol. The fourth-order valence-corrected chi connectivity index (χ4v) is 2.11. The minimum atomic E-state index is -0.0691. The Morgan fingerprint density at radius 1 is 1.20 bits per heavy atom. The van der Waals surface area contributed by atoms with Gasteiger partial charge in [0.2, 0.25) is 0 Å². The molecule has 0 aliphatic carbocycles. The lowest BCUT2D eigenvalue weighted by molar-refractivity contribution is 0.104. The number of nitrogens with one attached hydrogen (secondary N) is 1. The molecule has 2 aromatic carbocycles. The van der Waals surface area contributed by atoms with Crippen LogP contribution in [-0.4, -0.2) is 5.78 Å². The highest BCUT2D eigenvalue weighted by Gasteiger charge is 2.01. The molecule has 0 radical (unpaired) electrons. The van der Waals surface area contributed by atoms with Crippen LogP contribution in [-0.2, 0) is 0 Å². The molecule has 0 spiro atoms. The number of benzene rings is 2. The van der Waals surface area contributed by atoms with Gasteiger partial charge < -0.3 is 5.32 Å². The van der Waals surface area contributed by atoms with E-state index in [0.29, 0.717) is 10.6 Å². The average molecular weight is 351 g/mol. The topological polar surface area (TPSA) is 29.1 Å². The molecule has 0 bridgehead atoms. The van der Waals surface area contributed by atoms with E-state index in [4.69, 9.17) is 11.6 Å². The molecule has 1 N–H and O–H groups in total. The molecule has 0 aromatic heterocycles. The molecule has 0 saturated carbocycles. The highest BCUT2D eigenvalue weighted by Crippen LogP contribution is 2.20. The maximum atomic E-state index is 11.9. The van der Waals surface area contributed by atoms with Crippen molar-refractivity contribution in [3.63, 3.8) is 0 Å². The minimum absolute atomic E-state index is 0.0691. The fraction of sp³-hybridized carbons (Fsp3) is 0.0625. The van der Waals surface area contributed by atoms with Crippen LogP contribution in [0.4, 0.5) is 5.69 Å². The average Bonchev–Trinajstić information content (AvgIpc) is 2.43. The molecule has 102 valence electrons. The molecule has 0 saturated heterocycles. The van der Waals surface area contributed by atoms with Crippen molar-refractivity contribution in [2.75, 3.05) is 5.32 Å². The number of ketones is 1. The van der Waals surface area contributed by atoms with Gasteiger partial charge in [-0.25, -0.2) is 0 Å². The van der Waals surface area contributed by atoms with Gasteiger partial charge in [0.05, 0.1) is 0 Å². The van der Waals surface area contributed by atoms with Crippen LogP contribution >= 0.6 is 27.5 Å². The van der Waals surface area contributed by atoms with Gasteiger partial charge in [0.1, 0.15) is 0 Å². The zero-order valence-corrected chi connectivity index (χ0v) is 13.2. The van der Waals surface area contributed by atoms with Gasteiger partial charge in [-0.1, -0.05) is 33.6 Å². The van der Waals surface area contributed by atoms with E-state index in [1.807, 2.05) is 25.1 Å². The summed E-state index contributed by atoms with van der Waals surface area (Å²) >= 11 is 9.25. The number of allylic oxidation sites excluding steroid dienone is 1. The highest BCUT2D eigenvalue weighted by atomic mass is 79.9. The van der Waals surface area contributed by atoms with Crippen molar-refractivity contribution < 1.29 is 4.79 Å². The van der Waals surface area contributed by atoms with Crippen molar-refractivity contribution >= 4 is 39.0 Å². The third-order valence-corrected chi connectivity index (χ3v) is 3.89. The number of halogens is 2. The summed E-state index contributed by atoms with van der Waals surface area (Å²) in [6.07, 6.45) is 3.13. The second kappa shape index (κ2) is 6.73. The number of aryl methyl sites for hydroxylation is 1. The third-order valence-electron chi connectivity index (χ3n) is 2.79. The molecule has 0 amide bonds. The first kappa shape index (κ1) is 14.8. The molecule has 0 aliphatic heterocycles. The Hall–Kier alpha value is -1.58. The van der Waals surface area contributed by atoms with Crippen LogP contribution in [0.2, 0.25) is 5.02 Å². The van der Waals surface area contributed by atoms with E-state index in [9.17, 15) is 4.79 Å². The fourth-order valence-electron chi connectivity index (χ4n) is 1.61. The molecule has 4 heteroatoms. The molecule has 20 heavy (non-hydrogen) atoms. The zero-order valence-electron chi connectivity index (χ0n) is 10.9. The summed E-state index contributed by atoms with van der Waals surface area (Å²) < 4.78 is 1.03. The predicted molar refractivity (Wildman–Crippen MR) is 87.4 cm³/mol. The summed E-state index contributed by atoms with van der Waals surface area (Å²) in [5.74, 6) is -0.0691. The summed E-state index contributed by atoms with van der Waals surface area (Å²) in [5.41, 5.74) is 2.69. The lowest BCUT2D eigenvalue weighted by Gasteiger charge is -2.03. The second-order valence-electron chi connectivity index (χ2n) is 4.31. The minimum Gasteiger partial charge on any atom is -0.362 e. The summed E-state index contributed by atoms with van der Waals surface area (Å²) in [6, 6.07) is 12.7. The van der Waals surface area contributed by atoms with Gasteiger partial charge in [-0.3, -0.25) is 4.79 Å². The molecule has 0 aliphatic rings. The molecule has 0 fully saturated rings. The van der Waals surface area contributed by atoms with Gasteiger partial charge in [-0.05, 0) is 48.9 Å². The van der Waals surface area contributed by atoms with Crippen LogP contribution < -0.4 is 5.32 Å². The lowest BCUT2D eigenvalue weighted by atomic mass is 10.1. The summed E-state index contributed by atoms with van der Waals surface area (Å²) in [6.45, 7) is 2.02. The van der Waals surface area contributed by atoms with E-state index in [-0.39, 0.29) is 5.78 Å². The lowest BCUT2D eigenvalue weighted by Crippen LogP contribution is -1.96.